The molecule has 2 aromatic rings. The van der Waals surface area contributed by atoms with Gasteiger partial charge in [0.15, 0.2) is 11.6 Å². The highest BCUT2D eigenvalue weighted by atomic mass is 35.5. The van der Waals surface area contributed by atoms with Gasteiger partial charge in [0.1, 0.15) is 0 Å². The number of aromatic amines is 1. The van der Waals surface area contributed by atoms with E-state index >= 15 is 0 Å². The number of aromatic nitrogens is 3. The fourth-order valence-electron chi connectivity index (χ4n) is 1.13. The molecule has 0 spiro atoms. The van der Waals surface area contributed by atoms with Crippen LogP contribution in [0.25, 0.3) is 17.5 Å². The zero-order valence-electron chi connectivity index (χ0n) is 7.37. The number of hydrogen-bond donors (Lipinski definition) is 1. The summed E-state index contributed by atoms with van der Waals surface area (Å²) in [5.41, 5.74) is 0.915. The summed E-state index contributed by atoms with van der Waals surface area (Å²) in [5, 5.41) is 8.52. The van der Waals surface area contributed by atoms with Gasteiger partial charge in [-0.2, -0.15) is 0 Å². The normalized spacial score (nSPS) is 10.1. The molecule has 1 heterocycles. The van der Waals surface area contributed by atoms with Gasteiger partial charge >= 0.3 is 0 Å². The van der Waals surface area contributed by atoms with E-state index in [-0.39, 0.29) is 0 Å². The van der Waals surface area contributed by atoms with E-state index in [0.29, 0.717) is 16.7 Å². The monoisotopic (exact) mass is 205 g/mol. The number of halogens is 1. The van der Waals surface area contributed by atoms with Crippen LogP contribution in [0, 0.1) is 0 Å². The number of nitrogens with zero attached hydrogens (tertiary/aromatic N) is 2. The van der Waals surface area contributed by atoms with Crippen LogP contribution in [0.2, 0.25) is 5.02 Å². The third kappa shape index (κ3) is 1.67. The summed E-state index contributed by atoms with van der Waals surface area (Å²) in [6.45, 7) is 3.60. The predicted octanol–water partition coefficient (Wildman–Crippen LogP) is 2.77. The van der Waals surface area contributed by atoms with Gasteiger partial charge in [-0.15, -0.1) is 10.2 Å². The maximum absolute atomic E-state index is 5.85. The largest absolute Gasteiger partial charge is 0.321 e. The van der Waals surface area contributed by atoms with E-state index in [9.17, 15) is 0 Å². The predicted molar refractivity (Wildman–Crippen MR) is 56.9 cm³/mol. The molecule has 0 aliphatic rings. The number of nitrogens with one attached hydrogen (secondary N) is 1. The molecule has 2 rings (SSSR count). The minimum Gasteiger partial charge on any atom is -0.321 e. The Kier molecular flexibility index (Phi) is 2.33. The van der Waals surface area contributed by atoms with Crippen LogP contribution in [0.5, 0.6) is 0 Å². The molecule has 0 radical (unpaired) electrons. The lowest BCUT2D eigenvalue weighted by molar-refractivity contribution is 1.08. The Balaban J connectivity index is 2.43. The fraction of sp³-hybridized carbons (Fsp3) is 0. The molecule has 0 fully saturated rings. The van der Waals surface area contributed by atoms with Gasteiger partial charge in [-0.3, -0.25) is 0 Å². The van der Waals surface area contributed by atoms with Crippen molar-refractivity contribution in [3.63, 3.8) is 0 Å². The van der Waals surface area contributed by atoms with Gasteiger partial charge in [0.2, 0.25) is 0 Å². The summed E-state index contributed by atoms with van der Waals surface area (Å²) in [7, 11) is 0. The second kappa shape index (κ2) is 3.64. The van der Waals surface area contributed by atoms with Crippen LogP contribution in [0.15, 0.2) is 30.8 Å². The van der Waals surface area contributed by atoms with Gasteiger partial charge in [-0.1, -0.05) is 30.3 Å². The van der Waals surface area contributed by atoms with Crippen LogP contribution in [0.4, 0.5) is 0 Å². The highest BCUT2D eigenvalue weighted by Gasteiger charge is 2.02. The molecule has 0 amide bonds. The lowest BCUT2D eigenvalue weighted by atomic mass is 10.2. The zero-order chi connectivity index (χ0) is 9.97. The van der Waals surface area contributed by atoms with Gasteiger partial charge < -0.3 is 4.98 Å². The first-order chi connectivity index (χ1) is 6.79. The van der Waals surface area contributed by atoms with Crippen molar-refractivity contribution in [2.24, 2.45) is 0 Å². The Morgan fingerprint density at radius 1 is 1.36 bits per heavy atom. The van der Waals surface area contributed by atoms with Crippen molar-refractivity contribution in [3.05, 3.63) is 41.7 Å². The molecule has 1 N–H and O–H groups in total. The van der Waals surface area contributed by atoms with Crippen LogP contribution in [0.3, 0.4) is 0 Å². The van der Waals surface area contributed by atoms with Crippen molar-refractivity contribution < 1.29 is 0 Å². The minimum atomic E-state index is 0.653. The number of benzene rings is 1. The maximum Gasteiger partial charge on any atom is 0.161 e. The summed E-state index contributed by atoms with van der Waals surface area (Å²) in [4.78, 5) is 3.01. The lowest BCUT2D eigenvalue weighted by Crippen LogP contribution is -1.79. The summed E-state index contributed by atoms with van der Waals surface area (Å²) >= 11 is 5.85. The fourth-order valence-corrected chi connectivity index (χ4v) is 1.32. The van der Waals surface area contributed by atoms with E-state index in [1.165, 1.54) is 0 Å². The molecule has 0 bridgehead atoms. The van der Waals surface area contributed by atoms with E-state index in [1.54, 1.807) is 6.08 Å². The molecule has 70 valence electrons. The van der Waals surface area contributed by atoms with E-state index in [4.69, 9.17) is 11.6 Å². The molecule has 14 heavy (non-hydrogen) atoms. The SMILES string of the molecule is C=Cc1nnc(-c2cccc(Cl)c2)[nH]1. The highest BCUT2D eigenvalue weighted by molar-refractivity contribution is 6.30. The van der Waals surface area contributed by atoms with E-state index in [0.717, 1.165) is 5.56 Å². The second-order valence-electron chi connectivity index (χ2n) is 2.77. The van der Waals surface area contributed by atoms with Crippen molar-refractivity contribution >= 4 is 17.7 Å². The van der Waals surface area contributed by atoms with Crippen molar-refractivity contribution in [1.29, 1.82) is 0 Å². The first kappa shape index (κ1) is 8.97. The summed E-state index contributed by atoms with van der Waals surface area (Å²) < 4.78 is 0. The summed E-state index contributed by atoms with van der Waals surface area (Å²) in [6, 6.07) is 7.43. The summed E-state index contributed by atoms with van der Waals surface area (Å²) in [6.07, 6.45) is 1.61. The molecule has 0 aliphatic carbocycles. The Labute approximate surface area is 86.4 Å². The molecule has 0 aliphatic heterocycles. The average Bonchev–Trinajstić information content (AvgIpc) is 2.66. The maximum atomic E-state index is 5.85. The van der Waals surface area contributed by atoms with Gasteiger partial charge in [0.25, 0.3) is 0 Å². The Morgan fingerprint density at radius 2 is 2.21 bits per heavy atom. The van der Waals surface area contributed by atoms with Gasteiger partial charge in [-0.05, 0) is 18.2 Å². The molecule has 0 atom stereocenters. The zero-order valence-corrected chi connectivity index (χ0v) is 8.12. The molecule has 0 unspecified atom stereocenters. The van der Waals surface area contributed by atoms with Crippen LogP contribution in [0.1, 0.15) is 5.82 Å². The first-order valence-electron chi connectivity index (χ1n) is 4.10. The number of hydrogen-bond acceptors (Lipinski definition) is 2. The molecule has 0 saturated carbocycles. The van der Waals surface area contributed by atoms with E-state index in [1.807, 2.05) is 24.3 Å². The number of rotatable bonds is 2. The van der Waals surface area contributed by atoms with Gasteiger partial charge in [0, 0.05) is 10.6 Å². The van der Waals surface area contributed by atoms with E-state index in [2.05, 4.69) is 21.8 Å². The number of H-pyrrole nitrogens is 1. The third-order valence-corrected chi connectivity index (χ3v) is 2.03. The Bertz CT molecular complexity index is 462. The molecule has 0 saturated heterocycles. The van der Waals surface area contributed by atoms with Crippen molar-refractivity contribution in [2.45, 2.75) is 0 Å². The molecule has 1 aromatic heterocycles. The average molecular weight is 206 g/mol. The van der Waals surface area contributed by atoms with Crippen molar-refractivity contribution in [2.75, 3.05) is 0 Å². The standard InChI is InChI=1S/C10H8ClN3/c1-2-9-12-10(14-13-9)7-4-3-5-8(11)6-7/h2-6H,1H2,(H,12,13,14). The quantitative estimate of drug-likeness (QED) is 0.819. The van der Waals surface area contributed by atoms with Crippen LogP contribution in [-0.4, -0.2) is 15.2 Å². The lowest BCUT2D eigenvalue weighted by Gasteiger charge is -1.95. The van der Waals surface area contributed by atoms with Crippen molar-refractivity contribution in [3.8, 4) is 11.4 Å². The molecular weight excluding hydrogens is 198 g/mol. The molecule has 4 heteroatoms. The second-order valence-corrected chi connectivity index (χ2v) is 3.21. The Hall–Kier alpha value is -1.61. The first-order valence-corrected chi connectivity index (χ1v) is 4.48. The third-order valence-electron chi connectivity index (χ3n) is 1.80. The topological polar surface area (TPSA) is 41.6 Å². The van der Waals surface area contributed by atoms with Gasteiger partial charge in [-0.25, -0.2) is 0 Å². The van der Waals surface area contributed by atoms with Gasteiger partial charge in [0.05, 0.1) is 0 Å². The minimum absolute atomic E-state index is 0.653. The smallest absolute Gasteiger partial charge is 0.161 e. The van der Waals surface area contributed by atoms with Crippen LogP contribution < -0.4 is 0 Å². The molecular formula is C10H8ClN3. The van der Waals surface area contributed by atoms with Crippen molar-refractivity contribution in [1.82, 2.24) is 15.2 Å². The van der Waals surface area contributed by atoms with Crippen LogP contribution >= 0.6 is 11.6 Å². The highest BCUT2D eigenvalue weighted by Crippen LogP contribution is 2.18. The molecule has 1 aromatic carbocycles. The molecule has 3 nitrogen and oxygen atoms in total. The summed E-state index contributed by atoms with van der Waals surface area (Å²) in [5.74, 6) is 1.35. The Morgan fingerprint density at radius 3 is 2.86 bits per heavy atom. The van der Waals surface area contributed by atoms with E-state index < -0.39 is 0 Å². The van der Waals surface area contributed by atoms with Crippen LogP contribution in [-0.2, 0) is 0 Å².